The third kappa shape index (κ3) is 1.43. The van der Waals surface area contributed by atoms with Crippen molar-refractivity contribution in [2.45, 2.75) is 5.92 Å². The third-order valence-electron chi connectivity index (χ3n) is 2.81. The summed E-state index contributed by atoms with van der Waals surface area (Å²) in [6.07, 6.45) is 7.42. The van der Waals surface area contributed by atoms with E-state index in [1.165, 1.54) is 5.69 Å². The molecule has 0 unspecified atom stereocenters. The van der Waals surface area contributed by atoms with Gasteiger partial charge < -0.3 is 9.88 Å². The molecule has 1 N–H and O–H groups in total. The first-order valence-electron chi connectivity index (χ1n) is 5.08. The van der Waals surface area contributed by atoms with Gasteiger partial charge in [-0.15, -0.1) is 0 Å². The second kappa shape index (κ2) is 3.47. The predicted molar refractivity (Wildman–Crippen MR) is 57.0 cm³/mol. The molecule has 1 fully saturated rings. The van der Waals surface area contributed by atoms with Crippen LogP contribution in [0, 0.1) is 0 Å². The Labute approximate surface area is 88.0 Å². The first kappa shape index (κ1) is 8.61. The molecule has 1 aliphatic heterocycles. The van der Waals surface area contributed by atoms with Crippen LogP contribution in [0.1, 0.15) is 11.6 Å². The normalized spacial score (nSPS) is 16.3. The van der Waals surface area contributed by atoms with E-state index >= 15 is 0 Å². The zero-order chi connectivity index (χ0) is 10.1. The van der Waals surface area contributed by atoms with E-state index in [0.29, 0.717) is 5.92 Å². The molecule has 3 rings (SSSR count). The minimum atomic E-state index is 0.598. The number of imidazole rings is 1. The van der Waals surface area contributed by atoms with Gasteiger partial charge in [-0.25, -0.2) is 4.98 Å². The molecule has 3 heterocycles. The highest BCUT2D eigenvalue weighted by molar-refractivity contribution is 5.33. The Kier molecular flexibility index (Phi) is 1.99. The summed E-state index contributed by atoms with van der Waals surface area (Å²) in [4.78, 5) is 8.23. The molecule has 15 heavy (non-hydrogen) atoms. The number of hydrogen-bond donors (Lipinski definition) is 1. The van der Waals surface area contributed by atoms with E-state index < -0.39 is 0 Å². The van der Waals surface area contributed by atoms with Gasteiger partial charge in [-0.1, -0.05) is 0 Å². The van der Waals surface area contributed by atoms with Crippen molar-refractivity contribution in [1.82, 2.24) is 19.9 Å². The quantitative estimate of drug-likeness (QED) is 0.785. The summed E-state index contributed by atoms with van der Waals surface area (Å²) in [6.45, 7) is 2.10. The summed E-state index contributed by atoms with van der Waals surface area (Å²) < 4.78 is 2.13. The summed E-state index contributed by atoms with van der Waals surface area (Å²) in [5.74, 6) is 0.598. The lowest BCUT2D eigenvalue weighted by Crippen LogP contribution is -2.40. The van der Waals surface area contributed by atoms with Crippen LogP contribution in [-0.2, 0) is 0 Å². The number of nitrogens with one attached hydrogen (secondary N) is 1. The van der Waals surface area contributed by atoms with Crippen molar-refractivity contribution >= 4 is 0 Å². The third-order valence-corrected chi connectivity index (χ3v) is 2.81. The Morgan fingerprint density at radius 1 is 1.20 bits per heavy atom. The molecule has 0 aliphatic carbocycles. The summed E-state index contributed by atoms with van der Waals surface area (Å²) in [5.41, 5.74) is 2.41. The Morgan fingerprint density at radius 3 is 2.67 bits per heavy atom. The molecular formula is C11H12N4. The first-order valence-corrected chi connectivity index (χ1v) is 5.08. The molecule has 0 saturated carbocycles. The number of pyridine rings is 1. The summed E-state index contributed by atoms with van der Waals surface area (Å²) >= 11 is 0. The molecule has 4 nitrogen and oxygen atoms in total. The fourth-order valence-electron chi connectivity index (χ4n) is 1.83. The van der Waals surface area contributed by atoms with Gasteiger partial charge in [-0.3, -0.25) is 4.98 Å². The molecule has 2 aromatic rings. The van der Waals surface area contributed by atoms with Crippen LogP contribution >= 0.6 is 0 Å². The Bertz CT molecular complexity index is 445. The van der Waals surface area contributed by atoms with E-state index in [2.05, 4.69) is 19.9 Å². The zero-order valence-electron chi connectivity index (χ0n) is 8.30. The van der Waals surface area contributed by atoms with Gasteiger partial charge in [0.1, 0.15) is 0 Å². The summed E-state index contributed by atoms with van der Waals surface area (Å²) in [7, 11) is 0. The number of aromatic nitrogens is 3. The van der Waals surface area contributed by atoms with Crippen molar-refractivity contribution < 1.29 is 0 Å². The molecular weight excluding hydrogens is 188 g/mol. The van der Waals surface area contributed by atoms with Crippen molar-refractivity contribution in [1.29, 1.82) is 0 Å². The van der Waals surface area contributed by atoms with Gasteiger partial charge in [0.2, 0.25) is 0 Å². The molecule has 2 aromatic heterocycles. The lowest BCUT2D eigenvalue weighted by atomic mass is 10.00. The van der Waals surface area contributed by atoms with Crippen molar-refractivity contribution in [2.24, 2.45) is 0 Å². The minimum Gasteiger partial charge on any atom is -0.315 e. The van der Waals surface area contributed by atoms with Crippen LogP contribution in [-0.4, -0.2) is 27.6 Å². The van der Waals surface area contributed by atoms with Gasteiger partial charge in [0.15, 0.2) is 0 Å². The monoisotopic (exact) mass is 200 g/mol. The Hall–Kier alpha value is -1.68. The molecule has 76 valence electrons. The number of hydrogen-bond acceptors (Lipinski definition) is 3. The van der Waals surface area contributed by atoms with E-state index in [1.807, 2.05) is 24.7 Å². The highest BCUT2D eigenvalue weighted by Gasteiger charge is 2.22. The van der Waals surface area contributed by atoms with E-state index in [4.69, 9.17) is 0 Å². The fourth-order valence-corrected chi connectivity index (χ4v) is 1.83. The topological polar surface area (TPSA) is 42.7 Å². The lowest BCUT2D eigenvalue weighted by Gasteiger charge is -2.27. The lowest BCUT2D eigenvalue weighted by molar-refractivity contribution is 0.435. The molecule has 4 heteroatoms. The van der Waals surface area contributed by atoms with Crippen molar-refractivity contribution in [3.8, 4) is 5.69 Å². The van der Waals surface area contributed by atoms with Crippen molar-refractivity contribution in [3.05, 3.63) is 42.7 Å². The zero-order valence-corrected chi connectivity index (χ0v) is 8.30. The van der Waals surface area contributed by atoms with Gasteiger partial charge >= 0.3 is 0 Å². The van der Waals surface area contributed by atoms with Crippen molar-refractivity contribution in [2.75, 3.05) is 13.1 Å². The highest BCUT2D eigenvalue weighted by Crippen LogP contribution is 2.21. The van der Waals surface area contributed by atoms with Crippen LogP contribution in [0.2, 0.25) is 0 Å². The Balaban J connectivity index is 2.01. The SMILES string of the molecule is c1cc(-n2cncc2C2CNC2)ccn1. The molecule has 1 aliphatic rings. The van der Waals surface area contributed by atoms with E-state index in [9.17, 15) is 0 Å². The van der Waals surface area contributed by atoms with E-state index in [-0.39, 0.29) is 0 Å². The average Bonchev–Trinajstić information content (AvgIpc) is 2.65. The maximum absolute atomic E-state index is 4.22. The Morgan fingerprint density at radius 2 is 2.00 bits per heavy atom. The second-order valence-electron chi connectivity index (χ2n) is 3.75. The van der Waals surface area contributed by atoms with Gasteiger partial charge in [0.05, 0.1) is 6.33 Å². The molecule has 0 radical (unpaired) electrons. The summed E-state index contributed by atoms with van der Waals surface area (Å²) in [5, 5.41) is 3.27. The van der Waals surface area contributed by atoms with Gasteiger partial charge in [-0.05, 0) is 12.1 Å². The van der Waals surface area contributed by atoms with Gasteiger partial charge in [-0.2, -0.15) is 0 Å². The van der Waals surface area contributed by atoms with Crippen LogP contribution in [0.25, 0.3) is 5.69 Å². The van der Waals surface area contributed by atoms with Crippen LogP contribution < -0.4 is 5.32 Å². The minimum absolute atomic E-state index is 0.598. The largest absolute Gasteiger partial charge is 0.315 e. The maximum Gasteiger partial charge on any atom is 0.0994 e. The van der Waals surface area contributed by atoms with Crippen LogP contribution in [0.5, 0.6) is 0 Å². The smallest absolute Gasteiger partial charge is 0.0994 e. The number of nitrogens with zero attached hydrogens (tertiary/aromatic N) is 3. The predicted octanol–water partition coefficient (Wildman–Crippen LogP) is 0.954. The van der Waals surface area contributed by atoms with Crippen LogP contribution in [0.4, 0.5) is 0 Å². The highest BCUT2D eigenvalue weighted by atomic mass is 15.1. The second-order valence-corrected chi connectivity index (χ2v) is 3.75. The summed E-state index contributed by atoms with van der Waals surface area (Å²) in [6, 6.07) is 3.99. The van der Waals surface area contributed by atoms with Gasteiger partial charge in [0, 0.05) is 49.0 Å². The molecule has 0 spiro atoms. The van der Waals surface area contributed by atoms with E-state index in [0.717, 1.165) is 18.8 Å². The van der Waals surface area contributed by atoms with Gasteiger partial charge in [0.25, 0.3) is 0 Å². The maximum atomic E-state index is 4.22. The standard InChI is InChI=1S/C11H12N4/c1-3-12-4-2-10(1)15-8-14-7-11(15)9-5-13-6-9/h1-4,7-9,13H,5-6H2. The van der Waals surface area contributed by atoms with E-state index in [1.54, 1.807) is 12.4 Å². The number of rotatable bonds is 2. The first-order chi connectivity index (χ1) is 7.45. The van der Waals surface area contributed by atoms with Crippen LogP contribution in [0.15, 0.2) is 37.1 Å². The van der Waals surface area contributed by atoms with Crippen molar-refractivity contribution in [3.63, 3.8) is 0 Å². The molecule has 0 amide bonds. The fraction of sp³-hybridized carbons (Fsp3) is 0.273. The molecule has 0 atom stereocenters. The molecule has 0 aromatic carbocycles. The van der Waals surface area contributed by atoms with Crippen LogP contribution in [0.3, 0.4) is 0 Å². The average molecular weight is 200 g/mol. The molecule has 1 saturated heterocycles. The molecule has 0 bridgehead atoms.